The topological polar surface area (TPSA) is 29.1 Å². The molecule has 0 aliphatic rings. The van der Waals surface area contributed by atoms with Crippen molar-refractivity contribution in [3.8, 4) is 12.3 Å². The molecule has 1 atom stereocenters. The van der Waals surface area contributed by atoms with Crippen molar-refractivity contribution in [1.29, 1.82) is 0 Å². The summed E-state index contributed by atoms with van der Waals surface area (Å²) in [5, 5.41) is 0. The molecule has 0 aliphatic heterocycles. The maximum atomic E-state index is 11.1. The Bertz CT molecular complexity index is 302. The standard InChI is InChI=1S/C9H9NOS/c1-2-8-12(11)10-9-6-4-3-5-7-9/h1,3-7,10H,8H2. The number of benzene rings is 1. The van der Waals surface area contributed by atoms with Gasteiger partial charge < -0.3 is 4.72 Å². The van der Waals surface area contributed by atoms with Gasteiger partial charge >= 0.3 is 0 Å². The molecule has 1 aromatic rings. The summed E-state index contributed by atoms with van der Waals surface area (Å²) in [5.41, 5.74) is 0.825. The van der Waals surface area contributed by atoms with Crippen molar-refractivity contribution >= 4 is 16.7 Å². The molecule has 2 nitrogen and oxygen atoms in total. The quantitative estimate of drug-likeness (QED) is 0.698. The van der Waals surface area contributed by atoms with E-state index in [0.717, 1.165) is 5.69 Å². The van der Waals surface area contributed by atoms with E-state index in [1.807, 2.05) is 30.3 Å². The average Bonchev–Trinajstić information content (AvgIpc) is 2.06. The van der Waals surface area contributed by atoms with Gasteiger partial charge in [0.05, 0.1) is 0 Å². The van der Waals surface area contributed by atoms with Crippen LogP contribution in [0, 0.1) is 12.3 Å². The highest BCUT2D eigenvalue weighted by molar-refractivity contribution is 7.86. The van der Waals surface area contributed by atoms with Gasteiger partial charge in [-0.05, 0) is 12.1 Å². The van der Waals surface area contributed by atoms with Crippen LogP contribution in [0.3, 0.4) is 0 Å². The van der Waals surface area contributed by atoms with Crippen molar-refractivity contribution in [2.24, 2.45) is 0 Å². The van der Waals surface area contributed by atoms with Gasteiger partial charge in [0.15, 0.2) is 0 Å². The van der Waals surface area contributed by atoms with E-state index in [1.165, 1.54) is 0 Å². The van der Waals surface area contributed by atoms with Crippen LogP contribution in [0.1, 0.15) is 0 Å². The van der Waals surface area contributed by atoms with Crippen LogP contribution in [0.25, 0.3) is 0 Å². The highest BCUT2D eigenvalue weighted by Crippen LogP contribution is 2.05. The van der Waals surface area contributed by atoms with Crippen molar-refractivity contribution in [2.75, 3.05) is 10.5 Å². The fraction of sp³-hybridized carbons (Fsp3) is 0.111. The van der Waals surface area contributed by atoms with Crippen LogP contribution in [0.2, 0.25) is 0 Å². The highest BCUT2D eigenvalue weighted by atomic mass is 32.2. The van der Waals surface area contributed by atoms with Crippen LogP contribution in [-0.4, -0.2) is 9.96 Å². The molecule has 0 heterocycles. The highest BCUT2D eigenvalue weighted by Gasteiger charge is 1.95. The van der Waals surface area contributed by atoms with Crippen LogP contribution in [0.4, 0.5) is 5.69 Å². The molecule has 1 aromatic carbocycles. The van der Waals surface area contributed by atoms with Gasteiger partial charge in [0, 0.05) is 5.69 Å². The number of anilines is 1. The van der Waals surface area contributed by atoms with Gasteiger partial charge in [-0.1, -0.05) is 24.1 Å². The van der Waals surface area contributed by atoms with Gasteiger partial charge in [0.25, 0.3) is 0 Å². The van der Waals surface area contributed by atoms with Crippen LogP contribution in [0.15, 0.2) is 30.3 Å². The Hall–Kier alpha value is -1.27. The van der Waals surface area contributed by atoms with Crippen molar-refractivity contribution in [3.05, 3.63) is 30.3 Å². The summed E-state index contributed by atoms with van der Waals surface area (Å²) in [7, 11) is -1.16. The van der Waals surface area contributed by atoms with E-state index >= 15 is 0 Å². The Morgan fingerprint density at radius 3 is 2.67 bits per heavy atom. The number of hydrogen-bond donors (Lipinski definition) is 1. The number of terminal acetylenes is 1. The van der Waals surface area contributed by atoms with E-state index in [2.05, 4.69) is 10.6 Å². The Kier molecular flexibility index (Phi) is 3.36. The first-order valence-electron chi connectivity index (χ1n) is 3.46. The monoisotopic (exact) mass is 179 g/mol. The van der Waals surface area contributed by atoms with E-state index in [-0.39, 0.29) is 5.75 Å². The second-order valence-corrected chi connectivity index (χ2v) is 3.35. The van der Waals surface area contributed by atoms with Gasteiger partial charge in [-0.25, -0.2) is 4.21 Å². The molecular formula is C9H9NOS. The van der Waals surface area contributed by atoms with Crippen molar-refractivity contribution in [2.45, 2.75) is 0 Å². The van der Waals surface area contributed by atoms with E-state index in [9.17, 15) is 4.21 Å². The summed E-state index contributed by atoms with van der Waals surface area (Å²) in [6.07, 6.45) is 5.00. The van der Waals surface area contributed by atoms with E-state index in [0.29, 0.717) is 0 Å². The van der Waals surface area contributed by atoms with Gasteiger partial charge in [-0.2, -0.15) is 0 Å². The largest absolute Gasteiger partial charge is 0.304 e. The number of rotatable bonds is 3. The molecule has 3 heteroatoms. The zero-order valence-electron chi connectivity index (χ0n) is 6.49. The first kappa shape index (κ1) is 8.82. The van der Waals surface area contributed by atoms with Gasteiger partial charge in [0.2, 0.25) is 0 Å². The van der Waals surface area contributed by atoms with Crippen molar-refractivity contribution in [1.82, 2.24) is 0 Å². The minimum absolute atomic E-state index is 0.231. The first-order chi connectivity index (χ1) is 5.83. The first-order valence-corrected chi connectivity index (χ1v) is 4.78. The fourth-order valence-corrected chi connectivity index (χ4v) is 1.37. The Labute approximate surface area is 74.6 Å². The Morgan fingerprint density at radius 2 is 2.08 bits per heavy atom. The summed E-state index contributed by atoms with van der Waals surface area (Å²) in [4.78, 5) is 0. The molecule has 0 saturated carbocycles. The van der Waals surface area contributed by atoms with Crippen molar-refractivity contribution < 1.29 is 4.21 Å². The molecule has 1 unspecified atom stereocenters. The Morgan fingerprint density at radius 1 is 1.42 bits per heavy atom. The predicted molar refractivity (Wildman–Crippen MR) is 51.9 cm³/mol. The minimum Gasteiger partial charge on any atom is -0.304 e. The maximum absolute atomic E-state index is 11.1. The normalized spacial score (nSPS) is 11.6. The summed E-state index contributed by atoms with van der Waals surface area (Å²) >= 11 is 0. The zero-order chi connectivity index (χ0) is 8.81. The summed E-state index contributed by atoms with van der Waals surface area (Å²) < 4.78 is 13.8. The molecule has 12 heavy (non-hydrogen) atoms. The zero-order valence-corrected chi connectivity index (χ0v) is 7.30. The SMILES string of the molecule is C#CCS(=O)Nc1ccccc1. The van der Waals surface area contributed by atoms with Crippen LogP contribution < -0.4 is 4.72 Å². The maximum Gasteiger partial charge on any atom is 0.129 e. The van der Waals surface area contributed by atoms with Gasteiger partial charge in [-0.15, -0.1) is 6.42 Å². The molecular weight excluding hydrogens is 170 g/mol. The lowest BCUT2D eigenvalue weighted by molar-refractivity contribution is 0.688. The fourth-order valence-electron chi connectivity index (χ4n) is 0.749. The number of para-hydroxylation sites is 1. The van der Waals surface area contributed by atoms with Crippen molar-refractivity contribution in [3.63, 3.8) is 0 Å². The minimum atomic E-state index is -1.16. The lowest BCUT2D eigenvalue weighted by Crippen LogP contribution is -2.06. The summed E-state index contributed by atoms with van der Waals surface area (Å²) in [6, 6.07) is 9.32. The number of hydrogen-bond acceptors (Lipinski definition) is 1. The molecule has 62 valence electrons. The smallest absolute Gasteiger partial charge is 0.129 e. The molecule has 0 aliphatic carbocycles. The molecule has 0 amide bonds. The van der Waals surface area contributed by atoms with E-state index < -0.39 is 11.0 Å². The molecule has 0 aromatic heterocycles. The molecule has 0 spiro atoms. The molecule has 0 radical (unpaired) electrons. The third kappa shape index (κ3) is 2.77. The van der Waals surface area contributed by atoms with E-state index in [4.69, 9.17) is 6.42 Å². The van der Waals surface area contributed by atoms with Gasteiger partial charge in [-0.3, -0.25) is 0 Å². The average molecular weight is 179 g/mol. The van der Waals surface area contributed by atoms with E-state index in [1.54, 1.807) is 0 Å². The summed E-state index contributed by atoms with van der Waals surface area (Å²) in [5.74, 6) is 2.56. The molecule has 1 N–H and O–H groups in total. The third-order valence-corrected chi connectivity index (χ3v) is 2.11. The third-order valence-electron chi connectivity index (χ3n) is 1.22. The second kappa shape index (κ2) is 4.58. The van der Waals surface area contributed by atoms with Crippen LogP contribution in [0.5, 0.6) is 0 Å². The second-order valence-electron chi connectivity index (χ2n) is 2.16. The van der Waals surface area contributed by atoms with Crippen LogP contribution in [-0.2, 0) is 11.0 Å². The molecule has 0 bridgehead atoms. The lowest BCUT2D eigenvalue weighted by Gasteiger charge is -2.01. The molecule has 1 rings (SSSR count). The molecule has 0 saturated heterocycles. The molecule has 0 fully saturated rings. The Balaban J connectivity index is 2.54. The van der Waals surface area contributed by atoms with Crippen LogP contribution >= 0.6 is 0 Å². The number of nitrogens with one attached hydrogen (secondary N) is 1. The lowest BCUT2D eigenvalue weighted by atomic mass is 10.3. The predicted octanol–water partition coefficient (Wildman–Crippen LogP) is 1.40. The van der Waals surface area contributed by atoms with Gasteiger partial charge in [0.1, 0.15) is 16.7 Å². The summed E-state index contributed by atoms with van der Waals surface area (Å²) in [6.45, 7) is 0.